The molecule has 21 heavy (non-hydrogen) atoms. The van der Waals surface area contributed by atoms with Gasteiger partial charge >= 0.3 is 11.9 Å². The first-order valence-corrected chi connectivity index (χ1v) is 7.04. The van der Waals surface area contributed by atoms with Gasteiger partial charge in [0.05, 0.1) is 17.7 Å². The molecule has 0 amide bonds. The maximum atomic E-state index is 13.2. The van der Waals surface area contributed by atoms with Crippen molar-refractivity contribution in [1.29, 1.82) is 0 Å². The Balaban J connectivity index is 3.11. The lowest BCUT2D eigenvalue weighted by atomic mass is 9.97. The highest BCUT2D eigenvalue weighted by Crippen LogP contribution is 2.20. The number of rotatable bonds is 6. The second-order valence-electron chi connectivity index (χ2n) is 3.93. The van der Waals surface area contributed by atoms with Crippen LogP contribution in [0.15, 0.2) is 22.7 Å². The van der Waals surface area contributed by atoms with E-state index < -0.39 is 29.5 Å². The molecule has 0 N–H and O–H groups in total. The average molecular weight is 361 g/mol. The Bertz CT molecular complexity index is 540. The van der Waals surface area contributed by atoms with Gasteiger partial charge in [-0.2, -0.15) is 0 Å². The fraction of sp³-hybridized carbons (Fsp3) is 0.357. The zero-order chi connectivity index (χ0) is 16.0. The number of hydrogen-bond acceptors (Lipinski definition) is 5. The van der Waals surface area contributed by atoms with Gasteiger partial charge in [0.1, 0.15) is 5.82 Å². The first-order chi connectivity index (χ1) is 9.92. The van der Waals surface area contributed by atoms with Gasteiger partial charge in [-0.15, -0.1) is 0 Å². The van der Waals surface area contributed by atoms with Gasteiger partial charge in [-0.3, -0.25) is 14.4 Å². The number of halogens is 2. The minimum atomic E-state index is -1.71. The van der Waals surface area contributed by atoms with Crippen LogP contribution in [0.5, 0.6) is 0 Å². The van der Waals surface area contributed by atoms with Crippen LogP contribution in [0.2, 0.25) is 0 Å². The molecule has 114 valence electrons. The van der Waals surface area contributed by atoms with Crippen molar-refractivity contribution in [2.75, 3.05) is 13.2 Å². The quantitative estimate of drug-likeness (QED) is 0.442. The Labute approximate surface area is 129 Å². The first kappa shape index (κ1) is 17.3. The predicted octanol–water partition coefficient (Wildman–Crippen LogP) is 2.51. The molecule has 1 aromatic rings. The molecule has 0 bridgehead atoms. The minimum Gasteiger partial charge on any atom is -0.465 e. The summed E-state index contributed by atoms with van der Waals surface area (Å²) in [7, 11) is 0. The Hall–Kier alpha value is -1.76. The standard InChI is InChI=1S/C14H14BrFO5/c1-3-20-13(18)11(14(19)21-4-2)12(17)8-5-6-10(16)9(15)7-8/h5-7,11H,3-4H2,1-2H3. The van der Waals surface area contributed by atoms with Gasteiger partial charge in [0.15, 0.2) is 5.78 Å². The monoisotopic (exact) mass is 360 g/mol. The van der Waals surface area contributed by atoms with Crippen LogP contribution in [0, 0.1) is 11.7 Å². The van der Waals surface area contributed by atoms with Gasteiger partial charge in [0.2, 0.25) is 5.92 Å². The number of esters is 2. The van der Waals surface area contributed by atoms with E-state index in [1.54, 1.807) is 13.8 Å². The summed E-state index contributed by atoms with van der Waals surface area (Å²) in [4.78, 5) is 35.9. The van der Waals surface area contributed by atoms with Crippen molar-refractivity contribution in [3.05, 3.63) is 34.1 Å². The summed E-state index contributed by atoms with van der Waals surface area (Å²) in [5, 5.41) is 0. The second-order valence-corrected chi connectivity index (χ2v) is 4.78. The van der Waals surface area contributed by atoms with Crippen molar-refractivity contribution in [2.24, 2.45) is 5.92 Å². The summed E-state index contributed by atoms with van der Waals surface area (Å²) in [6.07, 6.45) is 0. The topological polar surface area (TPSA) is 69.7 Å². The summed E-state index contributed by atoms with van der Waals surface area (Å²) in [6.45, 7) is 3.16. The van der Waals surface area contributed by atoms with Crippen LogP contribution < -0.4 is 0 Å². The number of ketones is 1. The van der Waals surface area contributed by atoms with Gasteiger partial charge < -0.3 is 9.47 Å². The molecule has 0 aromatic heterocycles. The molecule has 5 nitrogen and oxygen atoms in total. The fourth-order valence-corrected chi connectivity index (χ4v) is 1.96. The molecule has 0 atom stereocenters. The average Bonchev–Trinajstić information content (AvgIpc) is 2.42. The summed E-state index contributed by atoms with van der Waals surface area (Å²) in [6, 6.07) is 3.45. The van der Waals surface area contributed by atoms with Crippen molar-refractivity contribution in [2.45, 2.75) is 13.8 Å². The molecule has 0 heterocycles. The number of benzene rings is 1. The Morgan fingerprint density at radius 3 is 2.10 bits per heavy atom. The number of carbonyl (C=O) groups excluding carboxylic acids is 3. The van der Waals surface area contributed by atoms with Gasteiger partial charge in [-0.1, -0.05) is 0 Å². The molecule has 0 saturated heterocycles. The zero-order valence-electron chi connectivity index (χ0n) is 11.5. The SMILES string of the molecule is CCOC(=O)C(C(=O)OCC)C(=O)c1ccc(F)c(Br)c1. The van der Waals surface area contributed by atoms with Crippen LogP contribution >= 0.6 is 15.9 Å². The van der Waals surface area contributed by atoms with Crippen molar-refractivity contribution in [3.63, 3.8) is 0 Å². The van der Waals surface area contributed by atoms with Crippen LogP contribution in [-0.2, 0) is 19.1 Å². The van der Waals surface area contributed by atoms with Gasteiger partial charge in [0.25, 0.3) is 0 Å². The van der Waals surface area contributed by atoms with E-state index in [2.05, 4.69) is 15.9 Å². The van der Waals surface area contributed by atoms with Crippen LogP contribution in [0.25, 0.3) is 0 Å². The summed E-state index contributed by atoms with van der Waals surface area (Å²) >= 11 is 2.94. The second kappa shape index (κ2) is 7.87. The van der Waals surface area contributed by atoms with Gasteiger partial charge in [0, 0.05) is 5.56 Å². The third-order valence-electron chi connectivity index (χ3n) is 2.51. The summed E-state index contributed by atoms with van der Waals surface area (Å²) < 4.78 is 22.7. The minimum absolute atomic E-state index is 0.00869. The normalized spacial score (nSPS) is 10.3. The van der Waals surface area contributed by atoms with E-state index in [1.165, 1.54) is 12.1 Å². The lowest BCUT2D eigenvalue weighted by Crippen LogP contribution is -2.35. The number of hydrogen-bond donors (Lipinski definition) is 0. The third-order valence-corrected chi connectivity index (χ3v) is 3.12. The molecule has 0 radical (unpaired) electrons. The Kier molecular flexibility index (Phi) is 6.48. The first-order valence-electron chi connectivity index (χ1n) is 6.24. The maximum Gasteiger partial charge on any atom is 0.328 e. The summed E-state index contributed by atoms with van der Waals surface area (Å²) in [5.41, 5.74) is 0.00869. The molecule has 1 aromatic carbocycles. The molecule has 0 fully saturated rings. The molecule has 0 aliphatic carbocycles. The Morgan fingerprint density at radius 1 is 1.14 bits per heavy atom. The largest absolute Gasteiger partial charge is 0.465 e. The Morgan fingerprint density at radius 2 is 1.67 bits per heavy atom. The van der Waals surface area contributed by atoms with E-state index in [0.717, 1.165) is 6.07 Å². The molecule has 1 rings (SSSR count). The van der Waals surface area contributed by atoms with E-state index in [0.29, 0.717) is 0 Å². The molecule has 0 spiro atoms. The molecule has 0 saturated carbocycles. The highest BCUT2D eigenvalue weighted by molar-refractivity contribution is 9.10. The van der Waals surface area contributed by atoms with E-state index in [1.807, 2.05) is 0 Å². The predicted molar refractivity (Wildman–Crippen MR) is 75.2 cm³/mol. The molecule has 0 aliphatic rings. The molecule has 0 aliphatic heterocycles. The smallest absolute Gasteiger partial charge is 0.328 e. The van der Waals surface area contributed by atoms with Gasteiger partial charge in [-0.05, 0) is 48.0 Å². The highest BCUT2D eigenvalue weighted by Gasteiger charge is 2.37. The lowest BCUT2D eigenvalue weighted by Gasteiger charge is -2.13. The van der Waals surface area contributed by atoms with Crippen molar-refractivity contribution in [1.82, 2.24) is 0 Å². The number of Topliss-reactive ketones (excluding diaryl/α,β-unsaturated/α-hetero) is 1. The molecular weight excluding hydrogens is 347 g/mol. The van der Waals surface area contributed by atoms with E-state index in [-0.39, 0.29) is 23.2 Å². The van der Waals surface area contributed by atoms with Crippen LogP contribution in [0.4, 0.5) is 4.39 Å². The maximum absolute atomic E-state index is 13.2. The van der Waals surface area contributed by atoms with Crippen molar-refractivity contribution >= 4 is 33.7 Å². The van der Waals surface area contributed by atoms with Crippen LogP contribution in [-0.4, -0.2) is 30.9 Å². The highest BCUT2D eigenvalue weighted by atomic mass is 79.9. The number of ether oxygens (including phenoxy) is 2. The van der Waals surface area contributed by atoms with Crippen LogP contribution in [0.3, 0.4) is 0 Å². The lowest BCUT2D eigenvalue weighted by molar-refractivity contribution is -0.158. The fourth-order valence-electron chi connectivity index (χ4n) is 1.58. The van der Waals surface area contributed by atoms with E-state index in [9.17, 15) is 18.8 Å². The molecular formula is C14H14BrFO5. The summed E-state index contributed by atoms with van der Waals surface area (Å²) in [5.74, 6) is -5.03. The van der Waals surface area contributed by atoms with Gasteiger partial charge in [-0.25, -0.2) is 4.39 Å². The van der Waals surface area contributed by atoms with E-state index >= 15 is 0 Å². The van der Waals surface area contributed by atoms with Crippen molar-refractivity contribution in [3.8, 4) is 0 Å². The molecule has 0 unspecified atom stereocenters. The molecule has 7 heteroatoms. The third kappa shape index (κ3) is 4.35. The number of carbonyl (C=O) groups is 3. The zero-order valence-corrected chi connectivity index (χ0v) is 13.1. The van der Waals surface area contributed by atoms with E-state index in [4.69, 9.17) is 9.47 Å². The van der Waals surface area contributed by atoms with Crippen molar-refractivity contribution < 1.29 is 28.2 Å². The van der Waals surface area contributed by atoms with Crippen LogP contribution in [0.1, 0.15) is 24.2 Å².